The molecule has 1 fully saturated rings. The first-order chi connectivity index (χ1) is 5.74. The summed E-state index contributed by atoms with van der Waals surface area (Å²) >= 11 is 0. The van der Waals surface area contributed by atoms with Crippen LogP contribution in [0.4, 0.5) is 0 Å². The molecule has 0 aromatic heterocycles. The number of nitrogens with one attached hydrogen (secondary N) is 1. The number of hydrogen-bond acceptors (Lipinski definition) is 1. The third kappa shape index (κ3) is 2.50. The van der Waals surface area contributed by atoms with E-state index in [1.54, 1.807) is 0 Å². The Kier molecular flexibility index (Phi) is 3.57. The average molecular weight is 169 g/mol. The van der Waals surface area contributed by atoms with Crippen molar-refractivity contribution in [1.29, 1.82) is 0 Å². The van der Waals surface area contributed by atoms with E-state index < -0.39 is 0 Å². The zero-order chi connectivity index (χ0) is 8.97. The van der Waals surface area contributed by atoms with Crippen molar-refractivity contribution >= 4 is 5.91 Å². The van der Waals surface area contributed by atoms with Gasteiger partial charge in [-0.3, -0.25) is 4.79 Å². The minimum Gasteiger partial charge on any atom is -0.353 e. The van der Waals surface area contributed by atoms with Gasteiger partial charge in [-0.2, -0.15) is 0 Å². The van der Waals surface area contributed by atoms with Gasteiger partial charge < -0.3 is 5.32 Å². The molecule has 0 aromatic carbocycles. The molecule has 0 saturated carbocycles. The highest BCUT2D eigenvalue weighted by Gasteiger charge is 2.24. The van der Waals surface area contributed by atoms with Gasteiger partial charge >= 0.3 is 0 Å². The number of rotatable bonds is 3. The van der Waals surface area contributed by atoms with Gasteiger partial charge in [0, 0.05) is 12.0 Å². The van der Waals surface area contributed by atoms with Crippen LogP contribution < -0.4 is 5.32 Å². The highest BCUT2D eigenvalue weighted by molar-refractivity contribution is 5.79. The van der Waals surface area contributed by atoms with E-state index in [0.717, 1.165) is 19.3 Å². The van der Waals surface area contributed by atoms with Crippen molar-refractivity contribution in [1.82, 2.24) is 5.32 Å². The van der Waals surface area contributed by atoms with Crippen LogP contribution in [0.3, 0.4) is 0 Å². The summed E-state index contributed by atoms with van der Waals surface area (Å²) in [5.74, 6) is 0.586. The second-order valence-electron chi connectivity index (χ2n) is 3.83. The first-order valence-electron chi connectivity index (χ1n) is 5.04. The SMILES string of the molecule is CCCCC1CCC(C)NC1=O. The molecule has 1 heterocycles. The molecule has 2 heteroatoms. The Balaban J connectivity index is 2.30. The molecule has 0 bridgehead atoms. The molecule has 1 amide bonds. The number of amides is 1. The minimum atomic E-state index is 0.280. The highest BCUT2D eigenvalue weighted by atomic mass is 16.2. The second-order valence-corrected chi connectivity index (χ2v) is 3.83. The summed E-state index contributed by atoms with van der Waals surface area (Å²) in [5, 5.41) is 3.00. The van der Waals surface area contributed by atoms with Gasteiger partial charge in [0.1, 0.15) is 0 Å². The van der Waals surface area contributed by atoms with E-state index in [9.17, 15) is 4.79 Å². The first kappa shape index (κ1) is 9.56. The van der Waals surface area contributed by atoms with Gasteiger partial charge in [0.25, 0.3) is 0 Å². The van der Waals surface area contributed by atoms with Crippen LogP contribution in [0.2, 0.25) is 0 Å². The van der Waals surface area contributed by atoms with Gasteiger partial charge in [-0.1, -0.05) is 19.8 Å². The third-order valence-electron chi connectivity index (χ3n) is 2.61. The van der Waals surface area contributed by atoms with Gasteiger partial charge in [-0.05, 0) is 26.2 Å². The van der Waals surface area contributed by atoms with E-state index >= 15 is 0 Å². The van der Waals surface area contributed by atoms with Crippen LogP contribution in [0.5, 0.6) is 0 Å². The lowest BCUT2D eigenvalue weighted by Crippen LogP contribution is -2.42. The van der Waals surface area contributed by atoms with Crippen molar-refractivity contribution < 1.29 is 4.79 Å². The van der Waals surface area contributed by atoms with Crippen LogP contribution in [0.25, 0.3) is 0 Å². The standard InChI is InChI=1S/C10H19NO/c1-3-4-5-9-7-6-8(2)11-10(9)12/h8-9H,3-7H2,1-2H3,(H,11,12). The van der Waals surface area contributed by atoms with Crippen LogP contribution >= 0.6 is 0 Å². The fourth-order valence-corrected chi connectivity index (χ4v) is 1.74. The molecule has 1 rings (SSSR count). The lowest BCUT2D eigenvalue weighted by molar-refractivity contribution is -0.127. The molecule has 0 spiro atoms. The van der Waals surface area contributed by atoms with E-state index in [1.807, 2.05) is 0 Å². The summed E-state index contributed by atoms with van der Waals surface area (Å²) in [6, 6.07) is 0.398. The zero-order valence-corrected chi connectivity index (χ0v) is 8.10. The highest BCUT2D eigenvalue weighted by Crippen LogP contribution is 2.20. The van der Waals surface area contributed by atoms with Gasteiger partial charge in [0.2, 0.25) is 5.91 Å². The van der Waals surface area contributed by atoms with Crippen molar-refractivity contribution in [2.24, 2.45) is 5.92 Å². The van der Waals surface area contributed by atoms with Crippen molar-refractivity contribution in [3.05, 3.63) is 0 Å². The third-order valence-corrected chi connectivity index (χ3v) is 2.61. The second kappa shape index (κ2) is 4.48. The molecule has 70 valence electrons. The van der Waals surface area contributed by atoms with Gasteiger partial charge in [-0.25, -0.2) is 0 Å². The monoisotopic (exact) mass is 169 g/mol. The molecule has 0 aromatic rings. The molecule has 12 heavy (non-hydrogen) atoms. The van der Waals surface area contributed by atoms with Gasteiger partial charge in [-0.15, -0.1) is 0 Å². The molecule has 2 nitrogen and oxygen atoms in total. The molecule has 1 aliphatic rings. The van der Waals surface area contributed by atoms with Gasteiger partial charge in [0.15, 0.2) is 0 Å². The number of piperidine rings is 1. The van der Waals surface area contributed by atoms with Crippen LogP contribution in [-0.4, -0.2) is 11.9 Å². The van der Waals surface area contributed by atoms with E-state index in [-0.39, 0.29) is 5.91 Å². The Morgan fingerprint density at radius 3 is 2.83 bits per heavy atom. The molecule has 2 atom stereocenters. The molecule has 0 aliphatic carbocycles. The Labute approximate surface area is 74.7 Å². The molecule has 1 N–H and O–H groups in total. The molecule has 2 unspecified atom stereocenters. The molecule has 1 aliphatic heterocycles. The topological polar surface area (TPSA) is 29.1 Å². The van der Waals surface area contributed by atoms with Crippen molar-refractivity contribution in [2.45, 2.75) is 52.0 Å². The van der Waals surface area contributed by atoms with Crippen LogP contribution in [0, 0.1) is 5.92 Å². The van der Waals surface area contributed by atoms with Crippen LogP contribution in [0.15, 0.2) is 0 Å². The van der Waals surface area contributed by atoms with Crippen molar-refractivity contribution in [2.75, 3.05) is 0 Å². The average Bonchev–Trinajstić information content (AvgIpc) is 2.03. The maximum Gasteiger partial charge on any atom is 0.223 e. The quantitative estimate of drug-likeness (QED) is 0.688. The lowest BCUT2D eigenvalue weighted by atomic mass is 9.90. The summed E-state index contributed by atoms with van der Waals surface area (Å²) < 4.78 is 0. The Hall–Kier alpha value is -0.530. The van der Waals surface area contributed by atoms with Crippen molar-refractivity contribution in [3.63, 3.8) is 0 Å². The first-order valence-corrected chi connectivity index (χ1v) is 5.04. The largest absolute Gasteiger partial charge is 0.353 e. The minimum absolute atomic E-state index is 0.280. The lowest BCUT2D eigenvalue weighted by Gasteiger charge is -2.26. The normalized spacial score (nSPS) is 30.0. The fourth-order valence-electron chi connectivity index (χ4n) is 1.74. The number of unbranched alkanes of at least 4 members (excludes halogenated alkanes) is 1. The van der Waals surface area contributed by atoms with Crippen molar-refractivity contribution in [3.8, 4) is 0 Å². The van der Waals surface area contributed by atoms with Crippen LogP contribution in [-0.2, 0) is 4.79 Å². The molecule has 0 radical (unpaired) electrons. The van der Waals surface area contributed by atoms with E-state index in [4.69, 9.17) is 0 Å². The van der Waals surface area contributed by atoms with E-state index in [0.29, 0.717) is 12.0 Å². The Bertz CT molecular complexity index is 154. The maximum absolute atomic E-state index is 11.4. The summed E-state index contributed by atoms with van der Waals surface area (Å²) in [6.07, 6.45) is 5.70. The molecular formula is C10H19NO. The summed E-state index contributed by atoms with van der Waals surface area (Å²) in [5.41, 5.74) is 0. The Morgan fingerprint density at radius 1 is 1.50 bits per heavy atom. The predicted octanol–water partition coefficient (Wildman–Crippen LogP) is 2.09. The summed E-state index contributed by atoms with van der Waals surface area (Å²) in [4.78, 5) is 11.4. The molecule has 1 saturated heterocycles. The summed E-state index contributed by atoms with van der Waals surface area (Å²) in [6.45, 7) is 4.25. The molecular weight excluding hydrogens is 150 g/mol. The zero-order valence-electron chi connectivity index (χ0n) is 8.10. The van der Waals surface area contributed by atoms with E-state index in [2.05, 4.69) is 19.2 Å². The smallest absolute Gasteiger partial charge is 0.223 e. The van der Waals surface area contributed by atoms with E-state index in [1.165, 1.54) is 12.8 Å². The number of carbonyl (C=O) groups is 1. The number of carbonyl (C=O) groups excluding carboxylic acids is 1. The maximum atomic E-state index is 11.4. The summed E-state index contributed by atoms with van der Waals surface area (Å²) in [7, 11) is 0. The predicted molar refractivity (Wildman–Crippen MR) is 49.9 cm³/mol. The van der Waals surface area contributed by atoms with Crippen LogP contribution in [0.1, 0.15) is 46.0 Å². The fraction of sp³-hybridized carbons (Fsp3) is 0.900. The number of hydrogen-bond donors (Lipinski definition) is 1. The van der Waals surface area contributed by atoms with Gasteiger partial charge in [0.05, 0.1) is 0 Å². The Morgan fingerprint density at radius 2 is 2.25 bits per heavy atom.